The molecule has 2 heteroatoms. The van der Waals surface area contributed by atoms with E-state index in [-0.39, 0.29) is 11.9 Å². The van der Waals surface area contributed by atoms with E-state index in [0.717, 1.165) is 19.3 Å². The van der Waals surface area contributed by atoms with Gasteiger partial charge >= 0.3 is 5.97 Å². The highest BCUT2D eigenvalue weighted by atomic mass is 16.6. The number of esters is 1. The Hall–Kier alpha value is -1.23. The summed E-state index contributed by atoms with van der Waals surface area (Å²) < 4.78 is 5.29. The highest BCUT2D eigenvalue weighted by molar-refractivity contribution is 5.67. The molecule has 0 N–H and O–H groups in total. The van der Waals surface area contributed by atoms with Gasteiger partial charge in [0.2, 0.25) is 0 Å². The van der Waals surface area contributed by atoms with Gasteiger partial charge < -0.3 is 4.74 Å². The standard InChI is InChI=1S/C15H22O2/c1-6-12(7-2)9-13-10-14(13)15(5,8-3)17-11(4)16/h3,9,13-14H,6-7,10H2,1-2,4-5H3/t13-,14-,15?/m1/s1. The SMILES string of the molecule is C#CC(C)(OC(C)=O)[C@@H]1C[C@H]1C=C(CC)CC. The van der Waals surface area contributed by atoms with Crippen molar-refractivity contribution in [2.75, 3.05) is 0 Å². The van der Waals surface area contributed by atoms with Crippen LogP contribution in [-0.2, 0) is 9.53 Å². The van der Waals surface area contributed by atoms with Gasteiger partial charge in [-0.25, -0.2) is 0 Å². The van der Waals surface area contributed by atoms with Gasteiger partial charge in [-0.3, -0.25) is 4.79 Å². The lowest BCUT2D eigenvalue weighted by Gasteiger charge is -2.23. The molecule has 1 fully saturated rings. The van der Waals surface area contributed by atoms with E-state index in [9.17, 15) is 4.79 Å². The Kier molecular flexibility index (Phi) is 4.40. The number of hydrogen-bond donors (Lipinski definition) is 0. The van der Waals surface area contributed by atoms with Crippen LogP contribution in [0.5, 0.6) is 0 Å². The van der Waals surface area contributed by atoms with E-state index in [2.05, 4.69) is 25.8 Å². The molecule has 0 aromatic carbocycles. The van der Waals surface area contributed by atoms with Crippen LogP contribution in [0, 0.1) is 24.2 Å². The van der Waals surface area contributed by atoms with Crippen molar-refractivity contribution in [1.82, 2.24) is 0 Å². The monoisotopic (exact) mass is 234 g/mol. The van der Waals surface area contributed by atoms with Gasteiger partial charge in [0, 0.05) is 12.8 Å². The average Bonchev–Trinajstić information content (AvgIpc) is 3.04. The van der Waals surface area contributed by atoms with Crippen molar-refractivity contribution in [2.45, 2.75) is 52.6 Å². The molecule has 0 radical (unpaired) electrons. The molecule has 0 aromatic rings. The number of ether oxygens (including phenoxy) is 1. The van der Waals surface area contributed by atoms with Crippen LogP contribution in [0.15, 0.2) is 11.6 Å². The number of carbonyl (C=O) groups excluding carboxylic acids is 1. The first-order chi connectivity index (χ1) is 7.96. The maximum Gasteiger partial charge on any atom is 0.304 e. The molecule has 0 amide bonds. The minimum Gasteiger partial charge on any atom is -0.446 e. The smallest absolute Gasteiger partial charge is 0.304 e. The molecule has 0 heterocycles. The zero-order chi connectivity index (χ0) is 13.1. The maximum atomic E-state index is 11.1. The fourth-order valence-electron chi connectivity index (χ4n) is 2.33. The predicted octanol–water partition coefficient (Wildman–Crippen LogP) is 3.32. The van der Waals surface area contributed by atoms with Crippen LogP contribution in [0.25, 0.3) is 0 Å². The molecule has 1 unspecified atom stereocenters. The van der Waals surface area contributed by atoms with E-state index in [1.807, 2.05) is 6.92 Å². The summed E-state index contributed by atoms with van der Waals surface area (Å²) in [6.45, 7) is 7.58. The van der Waals surface area contributed by atoms with Crippen LogP contribution in [0.3, 0.4) is 0 Å². The first-order valence-corrected chi connectivity index (χ1v) is 6.33. The second-order valence-corrected chi connectivity index (χ2v) is 4.88. The lowest BCUT2D eigenvalue weighted by Crippen LogP contribution is -2.32. The van der Waals surface area contributed by atoms with Gasteiger partial charge in [0.15, 0.2) is 5.60 Å². The van der Waals surface area contributed by atoms with Gasteiger partial charge in [-0.2, -0.15) is 0 Å². The molecule has 1 aliphatic rings. The number of carbonyl (C=O) groups is 1. The summed E-state index contributed by atoms with van der Waals surface area (Å²) in [5.41, 5.74) is 0.722. The largest absolute Gasteiger partial charge is 0.446 e. The molecular formula is C15H22O2. The summed E-state index contributed by atoms with van der Waals surface area (Å²) >= 11 is 0. The molecule has 2 nitrogen and oxygen atoms in total. The zero-order valence-corrected chi connectivity index (χ0v) is 11.2. The predicted molar refractivity (Wildman–Crippen MR) is 69.3 cm³/mol. The van der Waals surface area contributed by atoms with Crippen molar-refractivity contribution in [3.8, 4) is 12.3 Å². The first-order valence-electron chi connectivity index (χ1n) is 6.33. The van der Waals surface area contributed by atoms with Gasteiger partial charge in [0.05, 0.1) is 0 Å². The number of allylic oxidation sites excluding steroid dienone is 2. The number of rotatable bonds is 5. The molecule has 3 atom stereocenters. The van der Waals surface area contributed by atoms with Gasteiger partial charge in [-0.1, -0.05) is 31.4 Å². The fourth-order valence-corrected chi connectivity index (χ4v) is 2.33. The minimum absolute atomic E-state index is 0.282. The quantitative estimate of drug-likeness (QED) is 0.414. The van der Waals surface area contributed by atoms with Crippen LogP contribution in [0.1, 0.15) is 47.0 Å². The summed E-state index contributed by atoms with van der Waals surface area (Å²) in [7, 11) is 0. The van der Waals surface area contributed by atoms with E-state index >= 15 is 0 Å². The Labute approximate surface area is 104 Å². The zero-order valence-electron chi connectivity index (χ0n) is 11.2. The van der Waals surface area contributed by atoms with Crippen molar-refractivity contribution in [3.63, 3.8) is 0 Å². The first kappa shape index (κ1) is 13.8. The second kappa shape index (κ2) is 5.40. The molecule has 1 rings (SSSR count). The van der Waals surface area contributed by atoms with E-state index in [0.29, 0.717) is 5.92 Å². The van der Waals surface area contributed by atoms with Crippen molar-refractivity contribution in [3.05, 3.63) is 11.6 Å². The molecule has 0 aliphatic heterocycles. The molecule has 1 aliphatic carbocycles. The van der Waals surface area contributed by atoms with Gasteiger partial charge in [-0.15, -0.1) is 6.42 Å². The molecule has 1 saturated carbocycles. The lowest BCUT2D eigenvalue weighted by atomic mass is 9.98. The van der Waals surface area contributed by atoms with Gasteiger partial charge in [0.25, 0.3) is 0 Å². The third-order valence-corrected chi connectivity index (χ3v) is 3.55. The average molecular weight is 234 g/mol. The molecule has 0 aromatic heterocycles. The van der Waals surface area contributed by atoms with Crippen LogP contribution in [-0.4, -0.2) is 11.6 Å². The lowest BCUT2D eigenvalue weighted by molar-refractivity contribution is -0.151. The van der Waals surface area contributed by atoms with Crippen LogP contribution in [0.2, 0.25) is 0 Å². The Morgan fingerprint density at radius 1 is 1.53 bits per heavy atom. The minimum atomic E-state index is -0.737. The number of hydrogen-bond acceptors (Lipinski definition) is 2. The van der Waals surface area contributed by atoms with Crippen LogP contribution < -0.4 is 0 Å². The third kappa shape index (κ3) is 3.36. The van der Waals surface area contributed by atoms with Gasteiger partial charge in [0.1, 0.15) is 0 Å². The third-order valence-electron chi connectivity index (χ3n) is 3.55. The summed E-state index contributed by atoms with van der Waals surface area (Å²) in [5.74, 6) is 3.10. The summed E-state index contributed by atoms with van der Waals surface area (Å²) in [6.07, 6.45) is 11.0. The Morgan fingerprint density at radius 2 is 2.12 bits per heavy atom. The summed E-state index contributed by atoms with van der Waals surface area (Å²) in [5, 5.41) is 0. The number of terminal acetylenes is 1. The molecule has 17 heavy (non-hydrogen) atoms. The van der Waals surface area contributed by atoms with Gasteiger partial charge in [-0.05, 0) is 32.1 Å². The highest BCUT2D eigenvalue weighted by Gasteiger charge is 2.50. The molecule has 94 valence electrons. The van der Waals surface area contributed by atoms with E-state index < -0.39 is 5.60 Å². The molecule has 0 bridgehead atoms. The van der Waals surface area contributed by atoms with Crippen molar-refractivity contribution in [2.24, 2.45) is 11.8 Å². The van der Waals surface area contributed by atoms with Crippen molar-refractivity contribution < 1.29 is 9.53 Å². The molecular weight excluding hydrogens is 212 g/mol. The Balaban J connectivity index is 2.69. The second-order valence-electron chi connectivity index (χ2n) is 4.88. The van der Waals surface area contributed by atoms with Crippen molar-refractivity contribution >= 4 is 5.97 Å². The van der Waals surface area contributed by atoms with Crippen LogP contribution in [0.4, 0.5) is 0 Å². The Bertz CT molecular complexity index is 356. The topological polar surface area (TPSA) is 26.3 Å². The molecule has 0 saturated heterocycles. The fraction of sp³-hybridized carbons (Fsp3) is 0.667. The summed E-state index contributed by atoms with van der Waals surface area (Å²) in [6, 6.07) is 0. The van der Waals surface area contributed by atoms with Crippen LogP contribution >= 0.6 is 0 Å². The summed E-state index contributed by atoms with van der Waals surface area (Å²) in [4.78, 5) is 11.1. The van der Waals surface area contributed by atoms with E-state index in [1.165, 1.54) is 12.5 Å². The maximum absolute atomic E-state index is 11.1. The van der Waals surface area contributed by atoms with Crippen molar-refractivity contribution in [1.29, 1.82) is 0 Å². The highest BCUT2D eigenvalue weighted by Crippen LogP contribution is 2.49. The normalized spacial score (nSPS) is 25.4. The Morgan fingerprint density at radius 3 is 2.53 bits per heavy atom. The van der Waals surface area contributed by atoms with E-state index in [4.69, 9.17) is 11.2 Å². The van der Waals surface area contributed by atoms with E-state index in [1.54, 1.807) is 0 Å². The molecule has 0 spiro atoms.